The van der Waals surface area contributed by atoms with E-state index in [1.54, 1.807) is 0 Å². The van der Waals surface area contributed by atoms with Crippen molar-refractivity contribution in [3.8, 4) is 0 Å². The molecule has 0 bridgehead atoms. The maximum atomic E-state index is 12.3. The number of nitrogens with zero attached hydrogens (tertiary/aromatic N) is 1. The van der Waals surface area contributed by atoms with Gasteiger partial charge in [0, 0.05) is 5.69 Å². The van der Waals surface area contributed by atoms with Crippen molar-refractivity contribution in [2.45, 2.75) is 4.90 Å². The molecular weight excluding hydrogens is 308 g/mol. The van der Waals surface area contributed by atoms with Crippen molar-refractivity contribution in [3.05, 3.63) is 23.2 Å². The molecule has 0 heterocycles. The highest BCUT2D eigenvalue weighted by atomic mass is 35.5. The summed E-state index contributed by atoms with van der Waals surface area (Å²) in [5.74, 6) is -1.86. The number of amides is 2. The third-order valence-corrected chi connectivity index (χ3v) is 4.51. The molecule has 0 spiro atoms. The molecule has 0 fully saturated rings. The van der Waals surface area contributed by atoms with Gasteiger partial charge in [0.25, 0.3) is 0 Å². The summed E-state index contributed by atoms with van der Waals surface area (Å²) >= 11 is 5.81. The first-order chi connectivity index (χ1) is 9.14. The number of rotatable bonds is 6. The summed E-state index contributed by atoms with van der Waals surface area (Å²) in [6.45, 7) is -1.38. The monoisotopic (exact) mass is 320 g/mol. The lowest BCUT2D eigenvalue weighted by atomic mass is 10.3. The molecule has 0 aliphatic carbocycles. The molecule has 2 amide bonds. The second-order valence-corrected chi connectivity index (χ2v) is 6.21. The van der Waals surface area contributed by atoms with Gasteiger partial charge in [-0.1, -0.05) is 11.6 Å². The zero-order chi connectivity index (χ0) is 15.5. The summed E-state index contributed by atoms with van der Waals surface area (Å²) in [6.07, 6.45) is 0. The van der Waals surface area contributed by atoms with Crippen molar-refractivity contribution < 1.29 is 18.0 Å². The predicted molar refractivity (Wildman–Crippen MR) is 73.0 cm³/mol. The first-order valence-electron chi connectivity index (χ1n) is 5.26. The van der Waals surface area contributed by atoms with Crippen molar-refractivity contribution in [1.82, 2.24) is 4.31 Å². The molecule has 0 aliphatic rings. The number of nitrogen functional groups attached to an aromatic ring is 1. The summed E-state index contributed by atoms with van der Waals surface area (Å²) in [6, 6.07) is 3.73. The van der Waals surface area contributed by atoms with E-state index >= 15 is 0 Å². The summed E-state index contributed by atoms with van der Waals surface area (Å²) in [5, 5.41) is -0.135. The van der Waals surface area contributed by atoms with Gasteiger partial charge in [0.2, 0.25) is 21.8 Å². The van der Waals surface area contributed by atoms with E-state index < -0.39 is 34.9 Å². The third-order valence-electron chi connectivity index (χ3n) is 2.24. The van der Waals surface area contributed by atoms with Gasteiger partial charge in [-0.3, -0.25) is 9.59 Å². The normalized spacial score (nSPS) is 11.5. The molecular formula is C10H13ClN4O4S. The minimum atomic E-state index is -4.19. The van der Waals surface area contributed by atoms with Crippen LogP contribution in [0, 0.1) is 0 Å². The molecule has 110 valence electrons. The smallest absolute Gasteiger partial charge is 0.245 e. The molecule has 20 heavy (non-hydrogen) atoms. The second-order valence-electron chi connectivity index (χ2n) is 3.90. The summed E-state index contributed by atoms with van der Waals surface area (Å²) in [4.78, 5) is 21.5. The summed E-state index contributed by atoms with van der Waals surface area (Å²) < 4.78 is 25.2. The molecule has 6 N–H and O–H groups in total. The topological polar surface area (TPSA) is 150 Å². The number of halogens is 1. The number of nitrogens with two attached hydrogens (primary N) is 3. The Hall–Kier alpha value is -1.84. The number of hydrogen-bond donors (Lipinski definition) is 3. The van der Waals surface area contributed by atoms with E-state index in [-0.39, 0.29) is 15.6 Å². The zero-order valence-corrected chi connectivity index (χ0v) is 11.8. The minimum absolute atomic E-state index is 0.135. The van der Waals surface area contributed by atoms with Crippen LogP contribution in [0.1, 0.15) is 0 Å². The van der Waals surface area contributed by atoms with Gasteiger partial charge in [0.15, 0.2) is 0 Å². The molecule has 0 atom stereocenters. The molecule has 0 aliphatic heterocycles. The van der Waals surface area contributed by atoms with E-state index in [1.807, 2.05) is 0 Å². The van der Waals surface area contributed by atoms with Gasteiger partial charge in [0.05, 0.1) is 18.1 Å². The average Bonchev–Trinajstić information content (AvgIpc) is 2.26. The number of benzene rings is 1. The van der Waals surface area contributed by atoms with Gasteiger partial charge in [-0.15, -0.1) is 0 Å². The molecule has 0 radical (unpaired) electrons. The van der Waals surface area contributed by atoms with E-state index in [1.165, 1.54) is 18.2 Å². The van der Waals surface area contributed by atoms with E-state index in [0.29, 0.717) is 4.31 Å². The number of carbonyl (C=O) groups is 2. The molecule has 0 saturated heterocycles. The molecule has 1 rings (SSSR count). The summed E-state index contributed by atoms with van der Waals surface area (Å²) in [7, 11) is -4.19. The Morgan fingerprint density at radius 3 is 2.05 bits per heavy atom. The summed E-state index contributed by atoms with van der Waals surface area (Å²) in [5.41, 5.74) is 15.6. The van der Waals surface area contributed by atoms with Crippen molar-refractivity contribution >= 4 is 39.1 Å². The SMILES string of the molecule is NC(=O)CN(CC(N)=O)S(=O)(=O)c1ccc(N)cc1Cl. The van der Waals surface area contributed by atoms with Crippen LogP contribution in [-0.2, 0) is 19.6 Å². The van der Waals surface area contributed by atoms with E-state index in [9.17, 15) is 18.0 Å². The van der Waals surface area contributed by atoms with E-state index in [4.69, 9.17) is 28.8 Å². The third kappa shape index (κ3) is 3.83. The minimum Gasteiger partial charge on any atom is -0.399 e. The molecule has 8 nitrogen and oxygen atoms in total. The van der Waals surface area contributed by atoms with Crippen molar-refractivity contribution in [3.63, 3.8) is 0 Å². The van der Waals surface area contributed by atoms with Crippen molar-refractivity contribution in [1.29, 1.82) is 0 Å². The Labute approximate surface area is 120 Å². The van der Waals surface area contributed by atoms with Gasteiger partial charge in [-0.05, 0) is 18.2 Å². The van der Waals surface area contributed by atoms with Crippen LogP contribution < -0.4 is 17.2 Å². The van der Waals surface area contributed by atoms with Crippen LogP contribution in [0.4, 0.5) is 5.69 Å². The van der Waals surface area contributed by atoms with Crippen LogP contribution in [0.3, 0.4) is 0 Å². The van der Waals surface area contributed by atoms with E-state index in [2.05, 4.69) is 0 Å². The first kappa shape index (κ1) is 16.2. The number of primary amides is 2. The van der Waals surface area contributed by atoms with Crippen LogP contribution >= 0.6 is 11.6 Å². The van der Waals surface area contributed by atoms with Gasteiger partial charge in [-0.25, -0.2) is 8.42 Å². The lowest BCUT2D eigenvalue weighted by molar-refractivity contribution is -0.120. The molecule has 1 aromatic carbocycles. The van der Waals surface area contributed by atoms with E-state index in [0.717, 1.165) is 0 Å². The van der Waals surface area contributed by atoms with Crippen LogP contribution in [0.25, 0.3) is 0 Å². The van der Waals surface area contributed by atoms with Crippen LogP contribution in [0.5, 0.6) is 0 Å². The highest BCUT2D eigenvalue weighted by molar-refractivity contribution is 7.89. The molecule has 10 heteroatoms. The fraction of sp³-hybridized carbons (Fsp3) is 0.200. The Morgan fingerprint density at radius 2 is 1.65 bits per heavy atom. The fourth-order valence-corrected chi connectivity index (χ4v) is 3.34. The number of hydrogen-bond acceptors (Lipinski definition) is 5. The number of anilines is 1. The van der Waals surface area contributed by atoms with Crippen molar-refractivity contribution in [2.75, 3.05) is 18.8 Å². The standard InChI is InChI=1S/C10H13ClN4O4S/c11-7-3-6(12)1-2-8(7)20(18,19)15(4-9(13)16)5-10(14)17/h1-3H,4-5,12H2,(H2,13,16)(H2,14,17). The second kappa shape index (κ2) is 6.07. The fourth-order valence-electron chi connectivity index (χ4n) is 1.44. The number of sulfonamides is 1. The predicted octanol–water partition coefficient (Wildman–Crippen LogP) is -1.12. The molecule has 0 unspecified atom stereocenters. The van der Waals surface area contributed by atoms with Gasteiger partial charge >= 0.3 is 0 Å². The molecule has 0 saturated carbocycles. The van der Waals surface area contributed by atoms with Crippen LogP contribution in [0.2, 0.25) is 5.02 Å². The molecule has 1 aromatic rings. The van der Waals surface area contributed by atoms with Gasteiger partial charge < -0.3 is 17.2 Å². The Morgan fingerprint density at radius 1 is 1.15 bits per heavy atom. The maximum Gasteiger partial charge on any atom is 0.245 e. The Bertz CT molecular complexity index is 631. The first-order valence-corrected chi connectivity index (χ1v) is 7.08. The lowest BCUT2D eigenvalue weighted by Gasteiger charge is -2.19. The van der Waals surface area contributed by atoms with Crippen molar-refractivity contribution in [2.24, 2.45) is 11.5 Å². The Balaban J connectivity index is 3.28. The largest absolute Gasteiger partial charge is 0.399 e. The Kier molecular flexibility index (Phi) is 4.93. The highest BCUT2D eigenvalue weighted by Crippen LogP contribution is 2.26. The van der Waals surface area contributed by atoms with Crippen LogP contribution in [0.15, 0.2) is 23.1 Å². The van der Waals surface area contributed by atoms with Gasteiger partial charge in [0.1, 0.15) is 4.90 Å². The van der Waals surface area contributed by atoms with Gasteiger partial charge in [-0.2, -0.15) is 4.31 Å². The maximum absolute atomic E-state index is 12.3. The molecule has 0 aromatic heterocycles. The highest BCUT2D eigenvalue weighted by Gasteiger charge is 2.29. The zero-order valence-electron chi connectivity index (χ0n) is 10.2. The quantitative estimate of drug-likeness (QED) is 0.567. The average molecular weight is 321 g/mol. The lowest BCUT2D eigenvalue weighted by Crippen LogP contribution is -2.43. The van der Waals surface area contributed by atoms with Crippen LogP contribution in [-0.4, -0.2) is 37.6 Å². The number of carbonyl (C=O) groups excluding carboxylic acids is 2.